The molecule has 0 aliphatic rings. The van der Waals surface area contributed by atoms with Crippen molar-refractivity contribution >= 4 is 23.8 Å². The standard InChI is InChI=1S/C25H36N4O5/c1-9-29(20(21(31)28-24(3,4)5)17-12-10-16(2)11-13-17)22(32)18(14-15-19(26)30)27-23(33)34-25(6,7)8/h1,10-13,18,20H,14-15H2,2-8H3,(H2,26,30)(H,27,33)(H,28,31). The molecule has 2 atom stereocenters. The van der Waals surface area contributed by atoms with Crippen LogP contribution in [0.2, 0.25) is 0 Å². The van der Waals surface area contributed by atoms with Gasteiger partial charge < -0.3 is 21.1 Å². The van der Waals surface area contributed by atoms with E-state index in [2.05, 4.69) is 16.7 Å². The first-order chi connectivity index (χ1) is 15.5. The van der Waals surface area contributed by atoms with Crippen molar-refractivity contribution in [2.24, 2.45) is 5.73 Å². The van der Waals surface area contributed by atoms with Crippen molar-refractivity contribution in [3.8, 4) is 12.5 Å². The summed E-state index contributed by atoms with van der Waals surface area (Å²) in [6, 6.07) is 6.89. The lowest BCUT2D eigenvalue weighted by Crippen LogP contribution is -2.53. The molecule has 1 rings (SSSR count). The number of nitrogens with two attached hydrogens (primary N) is 1. The second kappa shape index (κ2) is 11.5. The van der Waals surface area contributed by atoms with E-state index in [-0.39, 0.29) is 12.8 Å². The number of hydrogen-bond donors (Lipinski definition) is 3. The molecule has 4 amide bonds. The second-order valence-corrected chi connectivity index (χ2v) is 10.1. The molecule has 0 aliphatic carbocycles. The van der Waals surface area contributed by atoms with E-state index in [9.17, 15) is 19.2 Å². The van der Waals surface area contributed by atoms with Crippen LogP contribution in [0, 0.1) is 19.4 Å². The number of rotatable bonds is 8. The summed E-state index contributed by atoms with van der Waals surface area (Å²) in [5, 5.41) is 5.31. The first-order valence-corrected chi connectivity index (χ1v) is 11.0. The van der Waals surface area contributed by atoms with E-state index in [1.165, 1.54) is 0 Å². The van der Waals surface area contributed by atoms with E-state index in [1.807, 2.05) is 6.92 Å². The average molecular weight is 473 g/mol. The van der Waals surface area contributed by atoms with Gasteiger partial charge in [0.25, 0.3) is 5.91 Å². The highest BCUT2D eigenvalue weighted by molar-refractivity contribution is 5.93. The van der Waals surface area contributed by atoms with Crippen LogP contribution >= 0.6 is 0 Å². The maximum Gasteiger partial charge on any atom is 0.408 e. The van der Waals surface area contributed by atoms with Gasteiger partial charge in [-0.3, -0.25) is 19.3 Å². The highest BCUT2D eigenvalue weighted by Crippen LogP contribution is 2.24. The molecule has 0 saturated carbocycles. The third kappa shape index (κ3) is 9.53. The molecule has 34 heavy (non-hydrogen) atoms. The quantitative estimate of drug-likeness (QED) is 0.395. The molecule has 0 saturated heterocycles. The van der Waals surface area contributed by atoms with Crippen molar-refractivity contribution in [1.29, 1.82) is 0 Å². The Labute approximate surface area is 201 Å². The number of aryl methyl sites for hydroxylation is 1. The normalized spacial score (nSPS) is 13.1. The van der Waals surface area contributed by atoms with Crippen molar-refractivity contribution < 1.29 is 23.9 Å². The van der Waals surface area contributed by atoms with Crippen LogP contribution in [0.4, 0.5) is 4.79 Å². The Bertz CT molecular complexity index is 936. The summed E-state index contributed by atoms with van der Waals surface area (Å²) in [4.78, 5) is 51.5. The van der Waals surface area contributed by atoms with Gasteiger partial charge in [0.15, 0.2) is 0 Å². The van der Waals surface area contributed by atoms with Crippen LogP contribution in [0.15, 0.2) is 24.3 Å². The number of nitrogens with one attached hydrogen (secondary N) is 2. The molecule has 4 N–H and O–H groups in total. The van der Waals surface area contributed by atoms with Crippen LogP contribution in [0.5, 0.6) is 0 Å². The SMILES string of the molecule is C#CN(C(=O)C(CCC(N)=O)NC(=O)OC(C)(C)C)C(C(=O)NC(C)(C)C)c1ccc(C)cc1. The fraction of sp³-hybridized carbons (Fsp3) is 0.520. The topological polar surface area (TPSA) is 131 Å². The summed E-state index contributed by atoms with van der Waals surface area (Å²) in [6.45, 7) is 12.3. The fourth-order valence-corrected chi connectivity index (χ4v) is 3.03. The third-order valence-corrected chi connectivity index (χ3v) is 4.44. The minimum atomic E-state index is -1.24. The highest BCUT2D eigenvalue weighted by atomic mass is 16.6. The van der Waals surface area contributed by atoms with Crippen molar-refractivity contribution in [3.05, 3.63) is 35.4 Å². The zero-order valence-electron chi connectivity index (χ0n) is 21.0. The second-order valence-electron chi connectivity index (χ2n) is 10.1. The molecule has 0 fully saturated rings. The van der Waals surface area contributed by atoms with Gasteiger partial charge in [0, 0.05) is 18.0 Å². The van der Waals surface area contributed by atoms with Crippen LogP contribution in [0.3, 0.4) is 0 Å². The minimum Gasteiger partial charge on any atom is -0.444 e. The van der Waals surface area contributed by atoms with Crippen molar-refractivity contribution in [1.82, 2.24) is 15.5 Å². The first-order valence-electron chi connectivity index (χ1n) is 11.0. The molecule has 2 unspecified atom stereocenters. The highest BCUT2D eigenvalue weighted by Gasteiger charge is 2.37. The molecule has 0 aromatic heterocycles. The molecule has 1 aromatic rings. The number of nitrogens with zero attached hydrogens (tertiary/aromatic N) is 1. The predicted octanol–water partition coefficient (Wildman–Crippen LogP) is 2.53. The Morgan fingerprint density at radius 1 is 1.09 bits per heavy atom. The van der Waals surface area contributed by atoms with E-state index < -0.39 is 47.0 Å². The summed E-state index contributed by atoms with van der Waals surface area (Å²) in [5.74, 6) is -1.89. The van der Waals surface area contributed by atoms with Gasteiger partial charge in [-0.15, -0.1) is 0 Å². The lowest BCUT2D eigenvalue weighted by atomic mass is 9.99. The van der Waals surface area contributed by atoms with Crippen LogP contribution in [-0.4, -0.2) is 45.9 Å². The number of benzene rings is 1. The fourth-order valence-electron chi connectivity index (χ4n) is 3.03. The number of ether oxygens (including phenoxy) is 1. The maximum atomic E-state index is 13.5. The Balaban J connectivity index is 3.39. The predicted molar refractivity (Wildman–Crippen MR) is 129 cm³/mol. The smallest absolute Gasteiger partial charge is 0.408 e. The molecule has 0 bridgehead atoms. The van der Waals surface area contributed by atoms with Crippen LogP contribution < -0.4 is 16.4 Å². The summed E-state index contributed by atoms with van der Waals surface area (Å²) in [5.41, 5.74) is 5.30. The first kappa shape index (κ1) is 28.5. The largest absolute Gasteiger partial charge is 0.444 e. The summed E-state index contributed by atoms with van der Waals surface area (Å²) >= 11 is 0. The van der Waals surface area contributed by atoms with Gasteiger partial charge in [0.1, 0.15) is 17.7 Å². The molecule has 9 heteroatoms. The Hall–Kier alpha value is -3.54. The van der Waals surface area contributed by atoms with Crippen molar-refractivity contribution in [2.45, 2.75) is 84.5 Å². The minimum absolute atomic E-state index is 0.118. The number of hydrogen-bond acceptors (Lipinski definition) is 5. The number of carbonyl (C=O) groups is 4. The number of terminal acetylenes is 1. The van der Waals surface area contributed by atoms with E-state index in [1.54, 1.807) is 65.8 Å². The molecule has 0 spiro atoms. The number of amides is 4. The zero-order valence-corrected chi connectivity index (χ0v) is 21.0. The van der Waals surface area contributed by atoms with Gasteiger partial charge in [-0.2, -0.15) is 0 Å². The van der Waals surface area contributed by atoms with Gasteiger partial charge in [-0.25, -0.2) is 4.79 Å². The molecular formula is C25H36N4O5. The number of alkyl carbamates (subject to hydrolysis) is 1. The monoisotopic (exact) mass is 472 g/mol. The number of carbonyl (C=O) groups excluding carboxylic acids is 4. The Kier molecular flexibility index (Phi) is 9.68. The molecular weight excluding hydrogens is 436 g/mol. The molecule has 0 radical (unpaired) electrons. The van der Waals surface area contributed by atoms with Gasteiger partial charge in [0.2, 0.25) is 11.8 Å². The van der Waals surface area contributed by atoms with Gasteiger partial charge >= 0.3 is 6.09 Å². The summed E-state index contributed by atoms with van der Waals surface area (Å²) in [6.07, 6.45) is 4.54. The maximum absolute atomic E-state index is 13.5. The lowest BCUT2D eigenvalue weighted by Gasteiger charge is -2.32. The molecule has 0 aliphatic heterocycles. The van der Waals surface area contributed by atoms with Gasteiger partial charge in [-0.1, -0.05) is 36.3 Å². The molecule has 1 aromatic carbocycles. The van der Waals surface area contributed by atoms with Crippen molar-refractivity contribution in [3.63, 3.8) is 0 Å². The van der Waals surface area contributed by atoms with Crippen molar-refractivity contribution in [2.75, 3.05) is 0 Å². The van der Waals surface area contributed by atoms with E-state index in [4.69, 9.17) is 16.9 Å². The van der Waals surface area contributed by atoms with Crippen LogP contribution in [0.25, 0.3) is 0 Å². The Morgan fingerprint density at radius 3 is 2.09 bits per heavy atom. The zero-order chi connectivity index (χ0) is 26.3. The lowest BCUT2D eigenvalue weighted by molar-refractivity contribution is -0.139. The molecule has 0 heterocycles. The average Bonchev–Trinajstić information content (AvgIpc) is 2.66. The molecule has 186 valence electrons. The molecule has 9 nitrogen and oxygen atoms in total. The Morgan fingerprint density at radius 2 is 1.65 bits per heavy atom. The van der Waals surface area contributed by atoms with Gasteiger partial charge in [0.05, 0.1) is 0 Å². The number of primary amides is 1. The van der Waals surface area contributed by atoms with Crippen LogP contribution in [0.1, 0.15) is 71.6 Å². The van der Waals surface area contributed by atoms with E-state index >= 15 is 0 Å². The summed E-state index contributed by atoms with van der Waals surface area (Å²) in [7, 11) is 0. The third-order valence-electron chi connectivity index (χ3n) is 4.44. The van der Waals surface area contributed by atoms with Gasteiger partial charge in [-0.05, 0) is 60.5 Å². The van der Waals surface area contributed by atoms with Crippen LogP contribution in [-0.2, 0) is 19.1 Å². The summed E-state index contributed by atoms with van der Waals surface area (Å²) < 4.78 is 5.24. The van der Waals surface area contributed by atoms with E-state index in [0.29, 0.717) is 5.56 Å². The van der Waals surface area contributed by atoms with E-state index in [0.717, 1.165) is 10.5 Å².